The lowest BCUT2D eigenvalue weighted by atomic mass is 9.98. The molecule has 0 fully saturated rings. The fraction of sp³-hybridized carbons (Fsp3) is 0.261. The molecule has 0 aliphatic heterocycles. The van der Waals surface area contributed by atoms with E-state index < -0.39 is 35.4 Å². The van der Waals surface area contributed by atoms with Gasteiger partial charge in [0.05, 0.1) is 47.9 Å². The zero-order valence-electron chi connectivity index (χ0n) is 20.2. The number of carbonyl (C=O) groups is 2. The third kappa shape index (κ3) is 6.87. The number of hydrogen-bond acceptors (Lipinski definition) is 7. The van der Waals surface area contributed by atoms with Gasteiger partial charge in [-0.15, -0.1) is 0 Å². The summed E-state index contributed by atoms with van der Waals surface area (Å²) in [7, 11) is 3.79. The van der Waals surface area contributed by atoms with Crippen molar-refractivity contribution in [2.45, 2.75) is 19.3 Å². The van der Waals surface area contributed by atoms with E-state index in [0.29, 0.717) is 5.69 Å². The van der Waals surface area contributed by atoms with Gasteiger partial charge < -0.3 is 20.9 Å². The van der Waals surface area contributed by atoms with Gasteiger partial charge in [0.15, 0.2) is 0 Å². The number of anilines is 2. The molecule has 2 aromatic carbocycles. The molecular formula is C23H21F6IN4O4. The number of nitrogens with two attached hydrogens (primary N) is 2. The number of esters is 2. The maximum atomic E-state index is 13.3. The minimum Gasteiger partial charge on any atom is -0.465 e. The Bertz CT molecular complexity index is 1370. The van der Waals surface area contributed by atoms with Crippen molar-refractivity contribution in [3.8, 4) is 11.3 Å². The van der Waals surface area contributed by atoms with Gasteiger partial charge in [0.2, 0.25) is 0 Å². The van der Waals surface area contributed by atoms with Gasteiger partial charge in [0.1, 0.15) is 0 Å². The molecule has 0 aliphatic carbocycles. The van der Waals surface area contributed by atoms with Crippen molar-refractivity contribution < 1.29 is 45.4 Å². The van der Waals surface area contributed by atoms with Crippen LogP contribution in [0.1, 0.15) is 37.5 Å². The van der Waals surface area contributed by atoms with Gasteiger partial charge in [0, 0.05) is 27.6 Å². The van der Waals surface area contributed by atoms with Crippen LogP contribution in [0.2, 0.25) is 0 Å². The monoisotopic (exact) mass is 658 g/mol. The number of nitrogen functional groups attached to an aromatic ring is 2. The topological polar surface area (TPSA) is 122 Å². The number of alkyl halides is 6. The van der Waals surface area contributed by atoms with E-state index in [2.05, 4.69) is 14.6 Å². The molecule has 0 unspecified atom stereocenters. The highest BCUT2D eigenvalue weighted by Crippen LogP contribution is 2.40. The molecule has 4 N–H and O–H groups in total. The van der Waals surface area contributed by atoms with E-state index in [1.54, 1.807) is 6.92 Å². The molecule has 0 aliphatic rings. The molecule has 3 rings (SSSR count). The fourth-order valence-corrected chi connectivity index (χ4v) is 4.08. The Morgan fingerprint density at radius 2 is 1.29 bits per heavy atom. The Balaban J connectivity index is 0.000000281. The van der Waals surface area contributed by atoms with Gasteiger partial charge in [-0.3, -0.25) is 4.68 Å². The van der Waals surface area contributed by atoms with E-state index >= 15 is 0 Å². The molecule has 8 nitrogen and oxygen atoms in total. The summed E-state index contributed by atoms with van der Waals surface area (Å²) in [4.78, 5) is 22.8. The van der Waals surface area contributed by atoms with Crippen LogP contribution in [-0.4, -0.2) is 35.9 Å². The zero-order chi connectivity index (χ0) is 29.2. The average molecular weight is 658 g/mol. The van der Waals surface area contributed by atoms with E-state index in [1.807, 2.05) is 0 Å². The Labute approximate surface area is 226 Å². The quantitative estimate of drug-likeness (QED) is 0.166. The number of aryl methyl sites for hydroxylation is 2. The molecule has 1 heterocycles. The molecule has 0 atom stereocenters. The van der Waals surface area contributed by atoms with Crippen molar-refractivity contribution in [1.29, 1.82) is 0 Å². The summed E-state index contributed by atoms with van der Waals surface area (Å²) in [6.45, 7) is 1.66. The molecular weight excluding hydrogens is 637 g/mol. The Hall–Kier alpha value is -3.50. The molecule has 1 aromatic heterocycles. The number of nitrogens with zero attached hydrogens (tertiary/aromatic N) is 2. The van der Waals surface area contributed by atoms with Crippen LogP contribution in [0.15, 0.2) is 30.3 Å². The van der Waals surface area contributed by atoms with E-state index in [-0.39, 0.29) is 37.3 Å². The summed E-state index contributed by atoms with van der Waals surface area (Å²) in [5.41, 5.74) is 9.01. The number of rotatable bonds is 3. The normalized spacial score (nSPS) is 11.4. The van der Waals surface area contributed by atoms with E-state index in [4.69, 9.17) is 11.5 Å². The first-order chi connectivity index (χ1) is 17.4. The number of ether oxygens (including phenoxy) is 2. The molecule has 0 radical (unpaired) electrons. The second-order valence-corrected chi connectivity index (χ2v) is 8.84. The summed E-state index contributed by atoms with van der Waals surface area (Å²) >= 11 is 1.49. The fourth-order valence-electron chi connectivity index (χ4n) is 3.31. The molecule has 0 saturated heterocycles. The summed E-state index contributed by atoms with van der Waals surface area (Å²) in [6, 6.07) is 5.12. The first kappa shape index (κ1) is 30.7. The lowest BCUT2D eigenvalue weighted by Gasteiger charge is -2.16. The van der Waals surface area contributed by atoms with E-state index in [0.717, 1.165) is 38.5 Å². The molecule has 38 heavy (non-hydrogen) atoms. The summed E-state index contributed by atoms with van der Waals surface area (Å²) in [6.07, 6.45) is -9.10. The first-order valence-corrected chi connectivity index (χ1v) is 11.3. The largest absolute Gasteiger partial charge is 0.465 e. The second-order valence-electron chi connectivity index (χ2n) is 7.68. The molecule has 0 spiro atoms. The van der Waals surface area contributed by atoms with Crippen molar-refractivity contribution >= 4 is 45.9 Å². The number of methoxy groups -OCH3 is 2. The predicted octanol–water partition coefficient (Wildman–Crippen LogP) is 5.46. The van der Waals surface area contributed by atoms with Crippen LogP contribution >= 0.6 is 22.6 Å². The van der Waals surface area contributed by atoms with E-state index in [9.17, 15) is 35.9 Å². The molecule has 206 valence electrons. The third-order valence-corrected chi connectivity index (χ3v) is 5.92. The standard InChI is InChI=1S/C14H14F3N3O2.C9H7F3INO2/c1-7-4-12(20(2)19-7)8-5-9(13(21)22-3)11(18)6-10(8)14(15,16)17;1-16-8(15)4-2-6(13)5(3-7(4)14)9(10,11)12/h4-6H,18H2,1-3H3;2-3H,14H2,1H3. The van der Waals surface area contributed by atoms with Crippen LogP contribution in [0.5, 0.6) is 0 Å². The number of carbonyl (C=O) groups excluding carboxylic acids is 2. The van der Waals surface area contributed by atoms with Crippen LogP contribution in [-0.2, 0) is 28.9 Å². The van der Waals surface area contributed by atoms with Crippen molar-refractivity contribution in [2.24, 2.45) is 7.05 Å². The Morgan fingerprint density at radius 3 is 1.68 bits per heavy atom. The van der Waals surface area contributed by atoms with Crippen LogP contribution in [0.3, 0.4) is 0 Å². The highest BCUT2D eigenvalue weighted by atomic mass is 127. The number of halogens is 7. The highest BCUT2D eigenvalue weighted by molar-refractivity contribution is 14.1. The smallest absolute Gasteiger partial charge is 0.417 e. The van der Waals surface area contributed by atoms with Gasteiger partial charge in [0.25, 0.3) is 0 Å². The van der Waals surface area contributed by atoms with Crippen molar-refractivity contribution in [2.75, 3.05) is 25.7 Å². The molecule has 3 aromatic rings. The summed E-state index contributed by atoms with van der Waals surface area (Å²) < 4.78 is 87.4. The lowest BCUT2D eigenvalue weighted by Crippen LogP contribution is -2.13. The summed E-state index contributed by atoms with van der Waals surface area (Å²) in [5.74, 6) is -1.56. The van der Waals surface area contributed by atoms with Crippen LogP contribution in [0.25, 0.3) is 11.3 Å². The van der Waals surface area contributed by atoms with Crippen molar-refractivity contribution in [3.05, 3.63) is 61.8 Å². The SMILES string of the molecule is COC(=O)c1cc(-c2cc(C)nn2C)c(C(F)(F)F)cc1N.COC(=O)c1cc(I)c(C(F)(F)F)cc1N. The van der Waals surface area contributed by atoms with E-state index in [1.165, 1.54) is 40.4 Å². The molecule has 0 saturated carbocycles. The Kier molecular flexibility index (Phi) is 9.29. The second kappa shape index (κ2) is 11.5. The first-order valence-electron chi connectivity index (χ1n) is 10.3. The summed E-state index contributed by atoms with van der Waals surface area (Å²) in [5, 5.41) is 4.03. The average Bonchev–Trinajstić information content (AvgIpc) is 3.15. The van der Waals surface area contributed by atoms with Crippen molar-refractivity contribution in [3.63, 3.8) is 0 Å². The number of hydrogen-bond donors (Lipinski definition) is 2. The van der Waals surface area contributed by atoms with Crippen LogP contribution in [0.4, 0.5) is 37.7 Å². The minimum absolute atomic E-state index is 0.0695. The lowest BCUT2D eigenvalue weighted by molar-refractivity contribution is -0.138. The maximum absolute atomic E-state index is 13.3. The van der Waals surface area contributed by atoms with Gasteiger partial charge >= 0.3 is 24.3 Å². The van der Waals surface area contributed by atoms with Crippen LogP contribution < -0.4 is 11.5 Å². The predicted molar refractivity (Wildman–Crippen MR) is 134 cm³/mol. The zero-order valence-corrected chi connectivity index (χ0v) is 22.4. The van der Waals surface area contributed by atoms with Crippen molar-refractivity contribution in [1.82, 2.24) is 9.78 Å². The molecule has 15 heteroatoms. The van der Waals surface area contributed by atoms with Crippen LogP contribution in [0, 0.1) is 10.5 Å². The Morgan fingerprint density at radius 1 is 0.842 bits per heavy atom. The number of benzene rings is 2. The minimum atomic E-state index is -4.61. The van der Waals surface area contributed by atoms with Gasteiger partial charge in [-0.1, -0.05) is 0 Å². The highest BCUT2D eigenvalue weighted by Gasteiger charge is 2.36. The number of aromatic nitrogens is 2. The molecule has 0 bridgehead atoms. The van der Waals surface area contributed by atoms with Gasteiger partial charge in [-0.25, -0.2) is 9.59 Å². The van der Waals surface area contributed by atoms with Gasteiger partial charge in [-0.05, 0) is 59.8 Å². The van der Waals surface area contributed by atoms with Gasteiger partial charge in [-0.2, -0.15) is 31.4 Å². The maximum Gasteiger partial charge on any atom is 0.417 e. The third-order valence-electron chi connectivity index (χ3n) is 5.03. The molecule has 0 amide bonds.